The summed E-state index contributed by atoms with van der Waals surface area (Å²) >= 11 is 0. The Kier molecular flexibility index (Phi) is 4.27. The number of aromatic nitrogens is 5. The predicted octanol–water partition coefficient (Wildman–Crippen LogP) is 1.58. The van der Waals surface area contributed by atoms with Gasteiger partial charge in [0.1, 0.15) is 10.5 Å². The number of sulfonamides is 1. The monoisotopic (exact) mass is 388 g/mol. The number of fused-ring (bicyclic) bond motifs is 1. The van der Waals surface area contributed by atoms with Gasteiger partial charge in [-0.25, -0.2) is 13.1 Å². The standard InChI is InChI=1S/C14H15F3N6O2S/c1-8-12(9(2)22(3)21-8)26(24,25)18-7-11-19-20-13-10(14(15,16)17)5-4-6-23(11)13/h4-6,18H,7H2,1-3H3. The second-order valence-electron chi connectivity index (χ2n) is 5.68. The Morgan fingerprint density at radius 2 is 1.92 bits per heavy atom. The van der Waals surface area contributed by atoms with Crippen LogP contribution in [0.3, 0.4) is 0 Å². The molecule has 0 aliphatic rings. The summed E-state index contributed by atoms with van der Waals surface area (Å²) in [5.74, 6) is 0.0360. The fourth-order valence-corrected chi connectivity index (χ4v) is 4.09. The van der Waals surface area contributed by atoms with Crippen molar-refractivity contribution in [2.75, 3.05) is 0 Å². The van der Waals surface area contributed by atoms with Crippen LogP contribution in [-0.4, -0.2) is 32.8 Å². The smallest absolute Gasteiger partial charge is 0.285 e. The molecule has 12 heteroatoms. The molecular weight excluding hydrogens is 373 g/mol. The van der Waals surface area contributed by atoms with Gasteiger partial charge in [0.25, 0.3) is 0 Å². The molecule has 0 aliphatic carbocycles. The molecule has 3 aromatic rings. The maximum absolute atomic E-state index is 13.0. The van der Waals surface area contributed by atoms with E-state index in [0.717, 1.165) is 10.5 Å². The third kappa shape index (κ3) is 3.05. The number of hydrogen-bond donors (Lipinski definition) is 1. The zero-order valence-corrected chi connectivity index (χ0v) is 14.9. The topological polar surface area (TPSA) is 94.2 Å². The van der Waals surface area contributed by atoms with Crippen LogP contribution in [0.1, 0.15) is 22.8 Å². The lowest BCUT2D eigenvalue weighted by Crippen LogP contribution is -2.25. The Morgan fingerprint density at radius 3 is 2.50 bits per heavy atom. The van der Waals surface area contributed by atoms with Crippen molar-refractivity contribution in [3.63, 3.8) is 0 Å². The normalized spacial score (nSPS) is 12.8. The van der Waals surface area contributed by atoms with Crippen molar-refractivity contribution >= 4 is 15.7 Å². The molecule has 3 rings (SSSR count). The largest absolute Gasteiger partial charge is 0.420 e. The van der Waals surface area contributed by atoms with E-state index >= 15 is 0 Å². The van der Waals surface area contributed by atoms with Crippen molar-refractivity contribution in [1.82, 2.24) is 29.1 Å². The molecule has 0 fully saturated rings. The van der Waals surface area contributed by atoms with Crippen molar-refractivity contribution in [3.05, 3.63) is 41.1 Å². The molecule has 8 nitrogen and oxygen atoms in total. The van der Waals surface area contributed by atoms with Crippen LogP contribution in [-0.2, 0) is 29.8 Å². The number of rotatable bonds is 4. The first kappa shape index (κ1) is 18.3. The minimum atomic E-state index is -4.59. The number of pyridine rings is 1. The lowest BCUT2D eigenvalue weighted by atomic mass is 10.2. The zero-order valence-electron chi connectivity index (χ0n) is 14.0. The van der Waals surface area contributed by atoms with Gasteiger partial charge in [-0.05, 0) is 26.0 Å². The van der Waals surface area contributed by atoms with Crippen LogP contribution in [0.4, 0.5) is 13.2 Å². The van der Waals surface area contributed by atoms with E-state index in [0.29, 0.717) is 11.4 Å². The van der Waals surface area contributed by atoms with Crippen LogP contribution in [0.2, 0.25) is 0 Å². The summed E-state index contributed by atoms with van der Waals surface area (Å²) in [6.07, 6.45) is -3.25. The summed E-state index contributed by atoms with van der Waals surface area (Å²) in [6.45, 7) is 2.85. The molecule has 0 saturated carbocycles. The minimum absolute atomic E-state index is 0.0322. The molecule has 0 spiro atoms. The Hall–Kier alpha value is -2.47. The highest BCUT2D eigenvalue weighted by Crippen LogP contribution is 2.31. The number of nitrogens with zero attached hydrogens (tertiary/aromatic N) is 5. The van der Waals surface area contributed by atoms with Crippen molar-refractivity contribution < 1.29 is 21.6 Å². The molecule has 0 saturated heterocycles. The quantitative estimate of drug-likeness (QED) is 0.732. The summed E-state index contributed by atoms with van der Waals surface area (Å²) in [5, 5.41) is 11.3. The molecule has 0 bridgehead atoms. The molecule has 26 heavy (non-hydrogen) atoms. The van der Waals surface area contributed by atoms with Crippen LogP contribution in [0.25, 0.3) is 5.65 Å². The van der Waals surface area contributed by atoms with E-state index in [2.05, 4.69) is 20.0 Å². The second kappa shape index (κ2) is 6.06. The van der Waals surface area contributed by atoms with Gasteiger partial charge < -0.3 is 0 Å². The first-order valence-corrected chi connectivity index (χ1v) is 8.90. The Labute approximate surface area is 146 Å². The molecule has 0 radical (unpaired) electrons. The third-order valence-electron chi connectivity index (χ3n) is 3.94. The Morgan fingerprint density at radius 1 is 1.23 bits per heavy atom. The van der Waals surface area contributed by atoms with Crippen molar-refractivity contribution in [2.45, 2.75) is 31.5 Å². The van der Waals surface area contributed by atoms with Crippen LogP contribution in [0.15, 0.2) is 23.2 Å². The zero-order chi connectivity index (χ0) is 19.3. The fraction of sp³-hybridized carbons (Fsp3) is 0.357. The van der Waals surface area contributed by atoms with Crippen LogP contribution in [0, 0.1) is 13.8 Å². The summed E-state index contributed by atoms with van der Waals surface area (Å²) in [4.78, 5) is 0.0322. The highest BCUT2D eigenvalue weighted by atomic mass is 32.2. The third-order valence-corrected chi connectivity index (χ3v) is 5.60. The van der Waals surface area contributed by atoms with Gasteiger partial charge in [0.15, 0.2) is 11.5 Å². The highest BCUT2D eigenvalue weighted by Gasteiger charge is 2.34. The predicted molar refractivity (Wildman–Crippen MR) is 84.7 cm³/mol. The van der Waals surface area contributed by atoms with Gasteiger partial charge in [0, 0.05) is 13.2 Å². The molecule has 140 valence electrons. The maximum atomic E-state index is 13.0. The van der Waals surface area contributed by atoms with E-state index in [-0.39, 0.29) is 22.9 Å². The number of hydrogen-bond acceptors (Lipinski definition) is 5. The van der Waals surface area contributed by atoms with E-state index in [4.69, 9.17) is 0 Å². The van der Waals surface area contributed by atoms with Gasteiger partial charge in [-0.1, -0.05) is 0 Å². The lowest BCUT2D eigenvalue weighted by molar-refractivity contribution is -0.136. The molecule has 0 aliphatic heterocycles. The first-order chi connectivity index (χ1) is 12.0. The van der Waals surface area contributed by atoms with Crippen molar-refractivity contribution in [1.29, 1.82) is 0 Å². The fourth-order valence-electron chi connectivity index (χ4n) is 2.68. The van der Waals surface area contributed by atoms with Crippen molar-refractivity contribution in [2.24, 2.45) is 7.05 Å². The van der Waals surface area contributed by atoms with Crippen molar-refractivity contribution in [3.8, 4) is 0 Å². The molecule has 0 aromatic carbocycles. The molecule has 0 unspecified atom stereocenters. The highest BCUT2D eigenvalue weighted by molar-refractivity contribution is 7.89. The van der Waals surface area contributed by atoms with E-state index in [1.54, 1.807) is 20.9 Å². The van der Waals surface area contributed by atoms with E-state index in [1.807, 2.05) is 0 Å². The summed E-state index contributed by atoms with van der Waals surface area (Å²) < 4.78 is 69.0. The molecule has 0 amide bonds. The number of halogens is 3. The van der Waals surface area contributed by atoms with Gasteiger partial charge in [0.2, 0.25) is 10.0 Å². The summed E-state index contributed by atoms with van der Waals surface area (Å²) in [5.41, 5.74) is -0.563. The first-order valence-electron chi connectivity index (χ1n) is 7.42. The summed E-state index contributed by atoms with van der Waals surface area (Å²) in [7, 11) is -2.30. The van der Waals surface area contributed by atoms with Gasteiger partial charge >= 0.3 is 6.18 Å². The number of alkyl halides is 3. The average Bonchev–Trinajstić information content (AvgIpc) is 3.05. The molecule has 1 N–H and O–H groups in total. The van der Waals surface area contributed by atoms with Crippen LogP contribution < -0.4 is 4.72 Å². The SMILES string of the molecule is Cc1nn(C)c(C)c1S(=O)(=O)NCc1nnc2c(C(F)(F)F)cccn12. The molecule has 3 aromatic heterocycles. The lowest BCUT2D eigenvalue weighted by Gasteiger charge is -2.08. The number of aryl methyl sites for hydroxylation is 2. The summed E-state index contributed by atoms with van der Waals surface area (Å²) in [6, 6.07) is 2.09. The van der Waals surface area contributed by atoms with E-state index in [1.165, 1.54) is 16.9 Å². The minimum Gasteiger partial charge on any atom is -0.285 e. The molecule has 3 heterocycles. The van der Waals surface area contributed by atoms with Crippen LogP contribution >= 0.6 is 0 Å². The van der Waals surface area contributed by atoms with Gasteiger partial charge in [-0.3, -0.25) is 9.08 Å². The average molecular weight is 388 g/mol. The molecular formula is C14H15F3N6O2S. The van der Waals surface area contributed by atoms with Gasteiger partial charge in [-0.2, -0.15) is 18.3 Å². The van der Waals surface area contributed by atoms with E-state index in [9.17, 15) is 21.6 Å². The van der Waals surface area contributed by atoms with E-state index < -0.39 is 21.8 Å². The Bertz CT molecular complexity index is 1080. The number of nitrogens with one attached hydrogen (secondary N) is 1. The maximum Gasteiger partial charge on any atom is 0.420 e. The second-order valence-corrected chi connectivity index (χ2v) is 7.38. The Balaban J connectivity index is 1.93. The van der Waals surface area contributed by atoms with Crippen LogP contribution in [0.5, 0.6) is 0 Å². The van der Waals surface area contributed by atoms with Gasteiger partial charge in [0.05, 0.1) is 17.9 Å². The molecule has 0 atom stereocenters. The van der Waals surface area contributed by atoms with Gasteiger partial charge in [-0.15, -0.1) is 10.2 Å².